The predicted molar refractivity (Wildman–Crippen MR) is 95.0 cm³/mol. The predicted octanol–water partition coefficient (Wildman–Crippen LogP) is 2.31. The Balaban J connectivity index is 2.29. The van der Waals surface area contributed by atoms with E-state index in [4.69, 9.17) is 11.6 Å². The van der Waals surface area contributed by atoms with Gasteiger partial charge in [0, 0.05) is 23.8 Å². The summed E-state index contributed by atoms with van der Waals surface area (Å²) in [7, 11) is 0. The number of aliphatic hydroxyl groups is 2. The molecule has 0 radical (unpaired) electrons. The van der Waals surface area contributed by atoms with Gasteiger partial charge < -0.3 is 15.5 Å². The molecule has 0 saturated carbocycles. The molecule has 128 valence electrons. The van der Waals surface area contributed by atoms with Gasteiger partial charge in [0.15, 0.2) is 0 Å². The van der Waals surface area contributed by atoms with Crippen LogP contribution in [0.25, 0.3) is 0 Å². The van der Waals surface area contributed by atoms with Crippen LogP contribution in [-0.2, 0) is 4.79 Å². The lowest BCUT2D eigenvalue weighted by molar-refractivity contribution is -0.121. The third-order valence-electron chi connectivity index (χ3n) is 3.61. The molecule has 2 rings (SSSR count). The first kappa shape index (κ1) is 18.4. The molecule has 0 aromatic heterocycles. The number of amides is 1. The average molecular weight is 349 g/mol. The SMILES string of the molecule is O=C(Nc1ccccc1)[C@@H](c1ccc(Cl)cc1)N(CCO)CCO. The second-order valence-electron chi connectivity index (χ2n) is 5.29. The van der Waals surface area contributed by atoms with Crippen LogP contribution in [0.1, 0.15) is 11.6 Å². The number of nitrogens with zero attached hydrogens (tertiary/aromatic N) is 1. The van der Waals surface area contributed by atoms with Gasteiger partial charge in [0.2, 0.25) is 5.91 Å². The normalized spacial score (nSPS) is 12.2. The molecule has 0 spiro atoms. The maximum atomic E-state index is 12.8. The van der Waals surface area contributed by atoms with E-state index in [0.717, 1.165) is 5.56 Å². The molecule has 1 amide bonds. The van der Waals surface area contributed by atoms with Crippen molar-refractivity contribution in [3.63, 3.8) is 0 Å². The van der Waals surface area contributed by atoms with Crippen molar-refractivity contribution in [3.05, 3.63) is 65.2 Å². The third kappa shape index (κ3) is 5.04. The molecule has 0 fully saturated rings. The first-order valence-corrected chi connectivity index (χ1v) is 8.10. The van der Waals surface area contributed by atoms with Crippen molar-refractivity contribution in [2.24, 2.45) is 0 Å². The van der Waals surface area contributed by atoms with Crippen LogP contribution >= 0.6 is 11.6 Å². The Morgan fingerprint density at radius 3 is 2.12 bits per heavy atom. The molecule has 2 aromatic rings. The number of aliphatic hydroxyl groups excluding tert-OH is 2. The topological polar surface area (TPSA) is 72.8 Å². The van der Waals surface area contributed by atoms with Crippen molar-refractivity contribution in [3.8, 4) is 0 Å². The minimum atomic E-state index is -0.637. The van der Waals surface area contributed by atoms with Crippen LogP contribution in [0.2, 0.25) is 5.02 Å². The summed E-state index contributed by atoms with van der Waals surface area (Å²) in [5.41, 5.74) is 1.43. The van der Waals surface area contributed by atoms with E-state index in [1.807, 2.05) is 18.2 Å². The van der Waals surface area contributed by atoms with Gasteiger partial charge in [-0.05, 0) is 29.8 Å². The Morgan fingerprint density at radius 1 is 1.00 bits per heavy atom. The first-order valence-electron chi connectivity index (χ1n) is 7.73. The Morgan fingerprint density at radius 2 is 1.58 bits per heavy atom. The highest BCUT2D eigenvalue weighted by atomic mass is 35.5. The lowest BCUT2D eigenvalue weighted by Crippen LogP contribution is -2.40. The van der Waals surface area contributed by atoms with Gasteiger partial charge in [-0.15, -0.1) is 0 Å². The molecular formula is C18H21ClN2O3. The number of nitrogens with one attached hydrogen (secondary N) is 1. The van der Waals surface area contributed by atoms with Gasteiger partial charge in [-0.1, -0.05) is 41.9 Å². The zero-order chi connectivity index (χ0) is 17.4. The number of para-hydroxylation sites is 1. The highest BCUT2D eigenvalue weighted by Crippen LogP contribution is 2.24. The highest BCUT2D eigenvalue weighted by molar-refractivity contribution is 6.30. The summed E-state index contributed by atoms with van der Waals surface area (Å²) < 4.78 is 0. The fourth-order valence-corrected chi connectivity index (χ4v) is 2.66. The van der Waals surface area contributed by atoms with Crippen LogP contribution in [0, 0.1) is 0 Å². The quantitative estimate of drug-likeness (QED) is 0.684. The maximum Gasteiger partial charge on any atom is 0.246 e. The summed E-state index contributed by atoms with van der Waals surface area (Å²) in [4.78, 5) is 14.6. The fraction of sp³-hybridized carbons (Fsp3) is 0.278. The van der Waals surface area contributed by atoms with E-state index in [-0.39, 0.29) is 32.2 Å². The van der Waals surface area contributed by atoms with Crippen LogP contribution in [0.4, 0.5) is 5.69 Å². The lowest BCUT2D eigenvalue weighted by Gasteiger charge is -2.30. The molecule has 3 N–H and O–H groups in total. The van der Waals surface area contributed by atoms with E-state index in [9.17, 15) is 15.0 Å². The molecule has 0 heterocycles. The van der Waals surface area contributed by atoms with E-state index in [0.29, 0.717) is 10.7 Å². The molecule has 6 heteroatoms. The molecule has 24 heavy (non-hydrogen) atoms. The second-order valence-corrected chi connectivity index (χ2v) is 5.73. The van der Waals surface area contributed by atoms with E-state index >= 15 is 0 Å². The van der Waals surface area contributed by atoms with Crippen LogP contribution in [0.5, 0.6) is 0 Å². The zero-order valence-electron chi connectivity index (χ0n) is 13.2. The molecule has 0 bridgehead atoms. The Kier molecular flexibility index (Phi) is 7.21. The number of rotatable bonds is 8. The Hall–Kier alpha value is -1.92. The summed E-state index contributed by atoms with van der Waals surface area (Å²) in [6.07, 6.45) is 0. The Bertz CT molecular complexity index is 628. The molecule has 0 unspecified atom stereocenters. The monoisotopic (exact) mass is 348 g/mol. The summed E-state index contributed by atoms with van der Waals surface area (Å²) in [6.45, 7) is 0.331. The van der Waals surface area contributed by atoms with Gasteiger partial charge in [0.25, 0.3) is 0 Å². The molecule has 1 atom stereocenters. The first-order chi connectivity index (χ1) is 11.7. The largest absolute Gasteiger partial charge is 0.395 e. The maximum absolute atomic E-state index is 12.8. The summed E-state index contributed by atoms with van der Waals surface area (Å²) in [5, 5.41) is 22.1. The van der Waals surface area contributed by atoms with Crippen LogP contribution < -0.4 is 5.32 Å². The molecule has 2 aromatic carbocycles. The van der Waals surface area contributed by atoms with Crippen LogP contribution in [-0.4, -0.2) is 47.3 Å². The average Bonchev–Trinajstić information content (AvgIpc) is 2.58. The molecule has 0 saturated heterocycles. The molecule has 5 nitrogen and oxygen atoms in total. The van der Waals surface area contributed by atoms with Crippen molar-refractivity contribution in [1.82, 2.24) is 4.90 Å². The van der Waals surface area contributed by atoms with Crippen molar-refractivity contribution >= 4 is 23.2 Å². The van der Waals surface area contributed by atoms with Crippen LogP contribution in [0.15, 0.2) is 54.6 Å². The minimum Gasteiger partial charge on any atom is -0.395 e. The number of carbonyl (C=O) groups excluding carboxylic acids is 1. The number of hydrogen-bond acceptors (Lipinski definition) is 4. The Labute approximate surface area is 146 Å². The number of anilines is 1. The van der Waals surface area contributed by atoms with Crippen molar-refractivity contribution in [2.75, 3.05) is 31.6 Å². The molecule has 0 aliphatic heterocycles. The minimum absolute atomic E-state index is 0.108. The van der Waals surface area contributed by atoms with Crippen LogP contribution in [0.3, 0.4) is 0 Å². The standard InChI is InChI=1S/C18H21ClN2O3/c19-15-8-6-14(7-9-15)17(21(10-12-22)11-13-23)18(24)20-16-4-2-1-3-5-16/h1-9,17,22-23H,10-13H2,(H,20,24)/t17-/m1/s1. The molecule has 0 aliphatic rings. The number of benzene rings is 2. The van der Waals surface area contributed by atoms with Gasteiger partial charge in [-0.25, -0.2) is 0 Å². The van der Waals surface area contributed by atoms with Gasteiger partial charge in [0.05, 0.1) is 13.2 Å². The summed E-state index contributed by atoms with van der Waals surface area (Å²) in [6, 6.07) is 15.5. The number of halogens is 1. The fourth-order valence-electron chi connectivity index (χ4n) is 2.53. The van der Waals surface area contributed by atoms with Crippen molar-refractivity contribution in [1.29, 1.82) is 0 Å². The lowest BCUT2D eigenvalue weighted by atomic mass is 10.0. The summed E-state index contributed by atoms with van der Waals surface area (Å²) >= 11 is 5.93. The van der Waals surface area contributed by atoms with E-state index in [1.54, 1.807) is 41.3 Å². The zero-order valence-corrected chi connectivity index (χ0v) is 14.0. The van der Waals surface area contributed by atoms with Crippen molar-refractivity contribution < 1.29 is 15.0 Å². The highest BCUT2D eigenvalue weighted by Gasteiger charge is 2.27. The van der Waals surface area contributed by atoms with Gasteiger partial charge >= 0.3 is 0 Å². The van der Waals surface area contributed by atoms with E-state index in [1.165, 1.54) is 0 Å². The summed E-state index contributed by atoms with van der Waals surface area (Å²) in [5.74, 6) is -0.231. The van der Waals surface area contributed by atoms with E-state index in [2.05, 4.69) is 5.32 Å². The van der Waals surface area contributed by atoms with E-state index < -0.39 is 6.04 Å². The van der Waals surface area contributed by atoms with Gasteiger partial charge in [-0.2, -0.15) is 0 Å². The number of hydrogen-bond donors (Lipinski definition) is 3. The molecular weight excluding hydrogens is 328 g/mol. The van der Waals surface area contributed by atoms with Gasteiger partial charge in [0.1, 0.15) is 6.04 Å². The second kappa shape index (κ2) is 9.39. The molecule has 0 aliphatic carbocycles. The smallest absolute Gasteiger partial charge is 0.246 e. The number of carbonyl (C=O) groups is 1. The van der Waals surface area contributed by atoms with Gasteiger partial charge in [-0.3, -0.25) is 9.69 Å². The third-order valence-corrected chi connectivity index (χ3v) is 3.87. The van der Waals surface area contributed by atoms with Crippen molar-refractivity contribution in [2.45, 2.75) is 6.04 Å².